The summed E-state index contributed by atoms with van der Waals surface area (Å²) in [6.45, 7) is 1.60. The molecule has 13 fully saturated rings. The smallest absolute Gasteiger partial charge is 0.187 e. The Kier molecular flexibility index (Phi) is 37.3. The number of rotatable bonds is 28. The van der Waals surface area contributed by atoms with E-state index in [1.807, 2.05) is 13.8 Å². The Labute approximate surface area is 722 Å². The van der Waals surface area contributed by atoms with Gasteiger partial charge >= 0.3 is 0 Å². The second kappa shape index (κ2) is 45.1. The molecule has 53 unspecified atom stereocenters. The molecule has 4 aliphatic carbocycles. The van der Waals surface area contributed by atoms with Crippen molar-refractivity contribution in [3.63, 3.8) is 0 Å². The highest BCUT2D eigenvalue weighted by atomic mass is 16.8. The number of aliphatic hydroxyl groups excluding tert-OH is 15. The SMILES string of the molecule is CC(N)C1CCC(N)C(OC2C(N)CC(N)C(O)C2OC2OC(CO)C(OC3OC(CN)C(O)C(O)C3N)C2O)O1.CCC(N)C1CCC(N)C(OC2C(N)CC(N)C(O)C2OC2OC(CO)C(OC3OC(CN)C(O)C(O)C3N)C2O)O1.NCC1OC(OC2C(CO)OC(OC3C(O)C(N)CC(N)C3OC3OC(C4(N)CC4)CCC3N)C2O)C(N)C(O)C1O. The molecule has 13 rings (SSSR count). The molecule has 53 atom stereocenters. The van der Waals surface area contributed by atoms with Crippen LogP contribution >= 0.6 is 0 Å². The third-order valence-corrected chi connectivity index (χ3v) is 26.5. The summed E-state index contributed by atoms with van der Waals surface area (Å²) in [4.78, 5) is 0. The second-order valence-corrected chi connectivity index (χ2v) is 35.7. The molecule has 125 heavy (non-hydrogen) atoms. The zero-order valence-corrected chi connectivity index (χ0v) is 70.3. The molecule has 0 radical (unpaired) electrons. The predicted molar refractivity (Wildman–Crippen MR) is 428 cm³/mol. The van der Waals surface area contributed by atoms with Crippen molar-refractivity contribution in [3.8, 4) is 0 Å². The summed E-state index contributed by atoms with van der Waals surface area (Å²) in [6.07, 6.45) is -38.0. The Bertz CT molecular complexity index is 3230. The minimum Gasteiger partial charge on any atom is -0.394 e. The van der Waals surface area contributed by atoms with Crippen molar-refractivity contribution >= 4 is 0 Å². The number of nitrogens with two attached hydrogens (primary N) is 18. The summed E-state index contributed by atoms with van der Waals surface area (Å²) in [7, 11) is 0. The van der Waals surface area contributed by atoms with Crippen molar-refractivity contribution < 1.29 is 162 Å². The van der Waals surface area contributed by atoms with Crippen molar-refractivity contribution in [1.82, 2.24) is 0 Å². The van der Waals surface area contributed by atoms with Gasteiger partial charge in [-0.3, -0.25) is 0 Å². The molecule has 51 heteroatoms. The van der Waals surface area contributed by atoms with E-state index in [2.05, 4.69) is 0 Å². The molecule has 51 N–H and O–H groups in total. The summed E-state index contributed by atoms with van der Waals surface area (Å²) < 4.78 is 107. The van der Waals surface area contributed by atoms with Crippen LogP contribution in [0, 0.1) is 0 Å². The molecule has 730 valence electrons. The monoisotopic (exact) mass is 1820 g/mol. The Balaban J connectivity index is 0.000000182. The van der Waals surface area contributed by atoms with E-state index in [4.69, 9.17) is 188 Å². The molecule has 4 saturated carbocycles. The molecule has 9 heterocycles. The fraction of sp³-hybridized carbons (Fsp3) is 1.00. The van der Waals surface area contributed by atoms with Crippen LogP contribution in [-0.4, -0.2) is 446 Å². The van der Waals surface area contributed by atoms with Gasteiger partial charge in [-0.1, -0.05) is 6.92 Å². The molecule has 0 bridgehead atoms. The zero-order valence-electron chi connectivity index (χ0n) is 70.3. The largest absolute Gasteiger partial charge is 0.394 e. The van der Waals surface area contributed by atoms with Gasteiger partial charge in [0.15, 0.2) is 56.6 Å². The van der Waals surface area contributed by atoms with Gasteiger partial charge in [-0.15, -0.1) is 0 Å². The zero-order chi connectivity index (χ0) is 91.6. The molecule has 0 amide bonds. The molecule has 9 aliphatic heterocycles. The van der Waals surface area contributed by atoms with Crippen LogP contribution in [-0.2, 0) is 85.3 Å². The molecule has 51 nitrogen and oxygen atoms in total. The quantitative estimate of drug-likeness (QED) is 0.0346. The van der Waals surface area contributed by atoms with Crippen molar-refractivity contribution in [2.75, 3.05) is 39.5 Å². The van der Waals surface area contributed by atoms with Crippen molar-refractivity contribution in [2.45, 2.75) is 421 Å². The fourth-order valence-electron chi connectivity index (χ4n) is 18.2. The highest BCUT2D eigenvalue weighted by Gasteiger charge is 2.60. The summed E-state index contributed by atoms with van der Waals surface area (Å²) in [6, 6.07) is -9.93. The molecule has 0 spiro atoms. The predicted octanol–water partition coefficient (Wildman–Crippen LogP) is -18.8. The maximum atomic E-state index is 11.2. The first-order valence-corrected chi connectivity index (χ1v) is 43.4. The lowest BCUT2D eigenvalue weighted by atomic mass is 9.84. The number of aliphatic hydroxyl groups is 15. The van der Waals surface area contributed by atoms with Crippen LogP contribution in [0.25, 0.3) is 0 Å². The molecule has 0 aromatic carbocycles. The average Bonchev–Trinajstić information content (AvgIpc) is 1.62. The standard InChI is InChI=1S/C25H48N6O11.C25H50N6O11.C24H48N6O11/c26-6-11-16(34)17(35)14(30)23(37-11)41-20-12(7-32)38-24(18(20)36)42-21-15(33)9(28)5-10(29)19(21)40-22-8(27)1-2-13(39-22)25(31)3-4-25;1-2-8(27)12-4-3-9(28)23(37-12)40-20-11(30)5-10(29)16(33)22(20)42-25-19(36)21(14(7-32)39-25)41-24-15(31)18(35)17(34)13(6-26)38-24;1-7(26)11-3-2-8(27)22(36-11)39-19-10(29)4-9(28)15(32)21(19)41-24-18(35)20(13(6-31)38-24)40-23-14(30)17(34)16(33)12(5-25)37-23/h8-24,32-36H,1-7,26-31H2;8-25,32-36H,2-7,26-31H2,1H3;7-24,31-35H,2-6,25-30H2,1H3. The second-order valence-electron chi connectivity index (χ2n) is 35.7. The van der Waals surface area contributed by atoms with Crippen LogP contribution in [0.4, 0.5) is 0 Å². The Morgan fingerprint density at radius 3 is 0.856 bits per heavy atom. The van der Waals surface area contributed by atoms with E-state index in [0.717, 1.165) is 12.8 Å². The van der Waals surface area contributed by atoms with E-state index in [1.165, 1.54) is 0 Å². The Hall–Kier alpha value is -2.04. The van der Waals surface area contributed by atoms with Crippen LogP contribution in [0.2, 0.25) is 0 Å². The first kappa shape index (κ1) is 103. The van der Waals surface area contributed by atoms with E-state index in [1.54, 1.807) is 0 Å². The van der Waals surface area contributed by atoms with E-state index in [-0.39, 0.29) is 69.3 Å². The van der Waals surface area contributed by atoms with E-state index in [9.17, 15) is 76.6 Å². The van der Waals surface area contributed by atoms with Gasteiger partial charge in [0.25, 0.3) is 0 Å². The van der Waals surface area contributed by atoms with Gasteiger partial charge in [-0.05, 0) is 84.0 Å². The lowest BCUT2D eigenvalue weighted by Crippen LogP contribution is -2.66. The van der Waals surface area contributed by atoms with Gasteiger partial charge in [0.05, 0.1) is 92.7 Å². The number of hydrogen-bond donors (Lipinski definition) is 33. The van der Waals surface area contributed by atoms with Gasteiger partial charge < -0.3 is 265 Å². The van der Waals surface area contributed by atoms with Crippen molar-refractivity contribution in [2.24, 2.45) is 103 Å². The van der Waals surface area contributed by atoms with Crippen molar-refractivity contribution in [3.05, 3.63) is 0 Å². The van der Waals surface area contributed by atoms with Crippen LogP contribution in [0.3, 0.4) is 0 Å². The van der Waals surface area contributed by atoms with Gasteiger partial charge in [-0.25, -0.2) is 0 Å². The third kappa shape index (κ3) is 23.4. The average molecular weight is 1820 g/mol. The molecule has 9 saturated heterocycles. The first-order valence-electron chi connectivity index (χ1n) is 43.4. The van der Waals surface area contributed by atoms with Crippen molar-refractivity contribution in [1.29, 1.82) is 0 Å². The lowest BCUT2D eigenvalue weighted by Gasteiger charge is -2.46. The van der Waals surface area contributed by atoms with Crippen LogP contribution in [0.1, 0.15) is 90.9 Å². The summed E-state index contributed by atoms with van der Waals surface area (Å²) >= 11 is 0. The minimum atomic E-state index is -1.53. The van der Waals surface area contributed by atoms with Gasteiger partial charge in [0.2, 0.25) is 0 Å². The number of ether oxygens (including phenoxy) is 18. The molecule has 0 aromatic heterocycles. The molecular weight excluding hydrogens is 1670 g/mol. The normalized spacial score (nSPS) is 51.9. The maximum absolute atomic E-state index is 11.2. The fourth-order valence-corrected chi connectivity index (χ4v) is 18.2. The van der Waals surface area contributed by atoms with E-state index >= 15 is 0 Å². The summed E-state index contributed by atoms with van der Waals surface area (Å²) in [5.41, 5.74) is 110. The first-order chi connectivity index (χ1) is 59.2. The van der Waals surface area contributed by atoms with Crippen LogP contribution in [0.15, 0.2) is 0 Å². The summed E-state index contributed by atoms with van der Waals surface area (Å²) in [5, 5.41) is 158. The topological polar surface area (TPSA) is 938 Å². The highest BCUT2D eigenvalue weighted by Crippen LogP contribution is 2.44. The van der Waals surface area contributed by atoms with Crippen LogP contribution in [0.5, 0.6) is 0 Å². The van der Waals surface area contributed by atoms with Crippen LogP contribution < -0.4 is 103 Å². The third-order valence-electron chi connectivity index (χ3n) is 26.5. The minimum absolute atomic E-state index is 0.132. The Morgan fingerprint density at radius 2 is 0.568 bits per heavy atom. The Morgan fingerprint density at radius 1 is 0.296 bits per heavy atom. The highest BCUT2D eigenvalue weighted by molar-refractivity contribution is 5.09. The van der Waals surface area contributed by atoms with E-state index < -0.39 is 319 Å². The maximum Gasteiger partial charge on any atom is 0.187 e. The molecule has 0 aromatic rings. The van der Waals surface area contributed by atoms with E-state index in [0.29, 0.717) is 44.9 Å². The molecule has 13 aliphatic rings. The number of hydrogen-bond acceptors (Lipinski definition) is 51. The van der Waals surface area contributed by atoms with Gasteiger partial charge in [-0.2, -0.15) is 0 Å². The van der Waals surface area contributed by atoms with Gasteiger partial charge in [0, 0.05) is 73.5 Å². The summed E-state index contributed by atoms with van der Waals surface area (Å²) in [5.74, 6) is 0. The van der Waals surface area contributed by atoms with Gasteiger partial charge in [0.1, 0.15) is 146 Å². The lowest BCUT2D eigenvalue weighted by molar-refractivity contribution is -0.291. The molecular formula is C74H146N18O33.